The molecular weight excluding hydrogens is 350 g/mol. The molecule has 0 spiro atoms. The molecule has 28 heavy (non-hydrogen) atoms. The van der Waals surface area contributed by atoms with Crippen molar-refractivity contribution in [2.24, 2.45) is 0 Å². The summed E-state index contributed by atoms with van der Waals surface area (Å²) in [6.45, 7) is 6.59. The van der Waals surface area contributed by atoms with Crippen molar-refractivity contribution in [3.63, 3.8) is 0 Å². The second kappa shape index (κ2) is 9.04. The number of hydrogen-bond donors (Lipinski definition) is 2. The number of nitrogens with zero attached hydrogens (tertiary/aromatic N) is 1. The number of hydrogen-bond acceptors (Lipinski definition) is 4. The first-order chi connectivity index (χ1) is 13.6. The van der Waals surface area contributed by atoms with E-state index < -0.39 is 0 Å². The molecule has 0 aliphatic rings. The lowest BCUT2D eigenvalue weighted by Crippen LogP contribution is -2.15. The zero-order valence-electron chi connectivity index (χ0n) is 16.5. The SMILES string of the molecule is CCOc1ccccc1Nc1cncc(C(=O)Nc2c(C)cccc2CC)c1. The Labute approximate surface area is 165 Å². The summed E-state index contributed by atoms with van der Waals surface area (Å²) in [4.78, 5) is 17.0. The number of aromatic nitrogens is 1. The molecule has 1 amide bonds. The number of nitrogens with one attached hydrogen (secondary N) is 2. The van der Waals surface area contributed by atoms with Gasteiger partial charge in [0.1, 0.15) is 5.75 Å². The molecule has 5 heteroatoms. The zero-order valence-corrected chi connectivity index (χ0v) is 16.5. The number of pyridine rings is 1. The lowest BCUT2D eigenvalue weighted by molar-refractivity contribution is 0.102. The third kappa shape index (κ3) is 4.49. The van der Waals surface area contributed by atoms with Crippen molar-refractivity contribution in [3.05, 3.63) is 77.6 Å². The van der Waals surface area contributed by atoms with E-state index in [1.165, 1.54) is 0 Å². The number of aryl methyl sites for hydroxylation is 2. The van der Waals surface area contributed by atoms with E-state index in [-0.39, 0.29) is 5.91 Å². The van der Waals surface area contributed by atoms with Gasteiger partial charge in [-0.2, -0.15) is 0 Å². The van der Waals surface area contributed by atoms with Gasteiger partial charge in [-0.25, -0.2) is 0 Å². The minimum Gasteiger partial charge on any atom is -0.492 e. The van der Waals surface area contributed by atoms with Crippen LogP contribution in [0.2, 0.25) is 0 Å². The summed E-state index contributed by atoms with van der Waals surface area (Å²) in [6, 6.07) is 15.5. The van der Waals surface area contributed by atoms with Crippen molar-refractivity contribution in [2.45, 2.75) is 27.2 Å². The van der Waals surface area contributed by atoms with Crippen LogP contribution in [-0.4, -0.2) is 17.5 Å². The summed E-state index contributed by atoms with van der Waals surface area (Å²) in [5.74, 6) is 0.575. The van der Waals surface area contributed by atoms with E-state index >= 15 is 0 Å². The number of carbonyl (C=O) groups excluding carboxylic acids is 1. The number of anilines is 3. The van der Waals surface area contributed by atoms with Crippen molar-refractivity contribution in [2.75, 3.05) is 17.2 Å². The van der Waals surface area contributed by atoms with E-state index in [1.54, 1.807) is 18.5 Å². The van der Waals surface area contributed by atoms with Crippen LogP contribution in [0.25, 0.3) is 0 Å². The number of para-hydroxylation sites is 3. The Morgan fingerprint density at radius 2 is 1.89 bits per heavy atom. The number of carbonyl (C=O) groups is 1. The maximum atomic E-state index is 12.8. The lowest BCUT2D eigenvalue weighted by Gasteiger charge is -2.14. The molecule has 3 rings (SSSR count). The Morgan fingerprint density at radius 3 is 2.68 bits per heavy atom. The van der Waals surface area contributed by atoms with Gasteiger partial charge in [0, 0.05) is 11.9 Å². The van der Waals surface area contributed by atoms with E-state index in [4.69, 9.17) is 4.74 Å². The first kappa shape index (κ1) is 19.4. The van der Waals surface area contributed by atoms with E-state index in [0.29, 0.717) is 12.2 Å². The lowest BCUT2D eigenvalue weighted by atomic mass is 10.1. The van der Waals surface area contributed by atoms with Gasteiger partial charge in [-0.3, -0.25) is 9.78 Å². The molecule has 0 radical (unpaired) electrons. The van der Waals surface area contributed by atoms with Crippen LogP contribution in [0.1, 0.15) is 35.3 Å². The zero-order chi connectivity index (χ0) is 19.9. The summed E-state index contributed by atoms with van der Waals surface area (Å²) in [6.07, 6.45) is 4.11. The maximum absolute atomic E-state index is 12.8. The minimum atomic E-state index is -0.182. The standard InChI is InChI=1S/C23H25N3O2/c1-4-17-10-8-9-16(3)22(17)26-23(27)18-13-19(15-24-14-18)25-20-11-6-7-12-21(20)28-5-2/h6-15,25H,4-5H2,1-3H3,(H,26,27). The average molecular weight is 375 g/mol. The molecule has 1 aromatic heterocycles. The van der Waals surface area contributed by atoms with Crippen LogP contribution in [-0.2, 0) is 6.42 Å². The van der Waals surface area contributed by atoms with E-state index in [9.17, 15) is 4.79 Å². The third-order valence-corrected chi connectivity index (χ3v) is 4.44. The van der Waals surface area contributed by atoms with Crippen molar-refractivity contribution in [1.82, 2.24) is 4.98 Å². The van der Waals surface area contributed by atoms with Gasteiger partial charge in [0.2, 0.25) is 0 Å². The Kier molecular flexibility index (Phi) is 6.27. The van der Waals surface area contributed by atoms with Gasteiger partial charge < -0.3 is 15.4 Å². The van der Waals surface area contributed by atoms with E-state index in [1.807, 2.05) is 56.3 Å². The predicted molar refractivity (Wildman–Crippen MR) is 114 cm³/mol. The second-order valence-electron chi connectivity index (χ2n) is 6.43. The van der Waals surface area contributed by atoms with E-state index in [2.05, 4.69) is 22.5 Å². The fraction of sp³-hybridized carbons (Fsp3) is 0.217. The minimum absolute atomic E-state index is 0.182. The molecule has 0 aliphatic carbocycles. The summed E-state index contributed by atoms with van der Waals surface area (Å²) in [5, 5.41) is 6.32. The summed E-state index contributed by atoms with van der Waals surface area (Å²) < 4.78 is 5.64. The van der Waals surface area contributed by atoms with Crippen LogP contribution < -0.4 is 15.4 Å². The molecule has 0 saturated carbocycles. The maximum Gasteiger partial charge on any atom is 0.257 e. The molecule has 1 heterocycles. The number of ether oxygens (including phenoxy) is 1. The molecule has 0 fully saturated rings. The Morgan fingerprint density at radius 1 is 1.07 bits per heavy atom. The molecule has 0 unspecified atom stereocenters. The summed E-state index contributed by atoms with van der Waals surface area (Å²) >= 11 is 0. The molecule has 0 bridgehead atoms. The van der Waals surface area contributed by atoms with Gasteiger partial charge in [-0.05, 0) is 49.6 Å². The molecule has 0 aliphatic heterocycles. The first-order valence-corrected chi connectivity index (χ1v) is 9.46. The van der Waals surface area contributed by atoms with Crippen LogP contribution in [0.5, 0.6) is 5.75 Å². The van der Waals surface area contributed by atoms with Gasteiger partial charge >= 0.3 is 0 Å². The molecule has 0 saturated heterocycles. The van der Waals surface area contributed by atoms with Gasteiger partial charge in [0.05, 0.1) is 29.7 Å². The molecule has 144 valence electrons. The monoisotopic (exact) mass is 375 g/mol. The predicted octanol–water partition coefficient (Wildman–Crippen LogP) is 5.35. The highest BCUT2D eigenvalue weighted by Gasteiger charge is 2.12. The van der Waals surface area contributed by atoms with Gasteiger partial charge in [0.15, 0.2) is 0 Å². The highest BCUT2D eigenvalue weighted by Crippen LogP contribution is 2.28. The number of amides is 1. The molecule has 5 nitrogen and oxygen atoms in total. The molecule has 0 atom stereocenters. The number of benzene rings is 2. The van der Waals surface area contributed by atoms with Crippen molar-refractivity contribution < 1.29 is 9.53 Å². The smallest absolute Gasteiger partial charge is 0.257 e. The fourth-order valence-electron chi connectivity index (χ4n) is 3.03. The highest BCUT2D eigenvalue weighted by molar-refractivity contribution is 6.05. The van der Waals surface area contributed by atoms with Crippen molar-refractivity contribution in [1.29, 1.82) is 0 Å². The molecule has 2 N–H and O–H groups in total. The van der Waals surface area contributed by atoms with Crippen LogP contribution in [0.4, 0.5) is 17.1 Å². The quantitative estimate of drug-likeness (QED) is 0.584. The summed E-state index contributed by atoms with van der Waals surface area (Å²) in [5.41, 5.74) is 5.07. The van der Waals surface area contributed by atoms with Crippen LogP contribution in [0.15, 0.2) is 60.9 Å². The number of rotatable bonds is 7. The molecular formula is C23H25N3O2. The van der Waals surface area contributed by atoms with Gasteiger partial charge in [-0.15, -0.1) is 0 Å². The van der Waals surface area contributed by atoms with Crippen LogP contribution >= 0.6 is 0 Å². The van der Waals surface area contributed by atoms with Crippen molar-refractivity contribution in [3.8, 4) is 5.75 Å². The Hall–Kier alpha value is -3.34. The third-order valence-electron chi connectivity index (χ3n) is 4.44. The highest BCUT2D eigenvalue weighted by atomic mass is 16.5. The second-order valence-corrected chi connectivity index (χ2v) is 6.43. The van der Waals surface area contributed by atoms with Gasteiger partial charge in [0.25, 0.3) is 5.91 Å². The largest absolute Gasteiger partial charge is 0.492 e. The van der Waals surface area contributed by atoms with Gasteiger partial charge in [-0.1, -0.05) is 37.3 Å². The topological polar surface area (TPSA) is 63.2 Å². The normalized spacial score (nSPS) is 10.4. The average Bonchev–Trinajstić information content (AvgIpc) is 2.71. The molecule has 3 aromatic rings. The Bertz CT molecular complexity index is 970. The van der Waals surface area contributed by atoms with Crippen LogP contribution in [0.3, 0.4) is 0 Å². The fourth-order valence-corrected chi connectivity index (χ4v) is 3.03. The summed E-state index contributed by atoms with van der Waals surface area (Å²) in [7, 11) is 0. The van der Waals surface area contributed by atoms with Crippen LogP contribution in [0, 0.1) is 6.92 Å². The van der Waals surface area contributed by atoms with E-state index in [0.717, 1.165) is 40.4 Å². The Balaban J connectivity index is 1.81. The molecule has 2 aromatic carbocycles. The van der Waals surface area contributed by atoms with Crippen molar-refractivity contribution >= 4 is 23.0 Å². The first-order valence-electron chi connectivity index (χ1n) is 9.46.